The van der Waals surface area contributed by atoms with Crippen molar-refractivity contribution >= 4 is 27.4 Å². The molecule has 0 aliphatic carbocycles. The summed E-state index contributed by atoms with van der Waals surface area (Å²) in [5.74, 6) is 0. The van der Waals surface area contributed by atoms with Gasteiger partial charge in [0, 0.05) is 39.3 Å². The van der Waals surface area contributed by atoms with E-state index in [-0.39, 0.29) is 6.10 Å². The number of thiocarbonyl (C=S) groups is 1. The molecule has 0 spiro atoms. The summed E-state index contributed by atoms with van der Waals surface area (Å²) in [5, 5.41) is 3.94. The van der Waals surface area contributed by atoms with E-state index in [4.69, 9.17) is 17.0 Å². The quantitative estimate of drug-likeness (QED) is 0.780. The fourth-order valence-electron chi connectivity index (χ4n) is 3.27. The van der Waals surface area contributed by atoms with E-state index in [1.54, 1.807) is 16.4 Å². The van der Waals surface area contributed by atoms with Gasteiger partial charge >= 0.3 is 0 Å². The van der Waals surface area contributed by atoms with Gasteiger partial charge in [-0.05, 0) is 62.2 Å². The van der Waals surface area contributed by atoms with Crippen molar-refractivity contribution < 1.29 is 13.2 Å². The Morgan fingerprint density at radius 2 is 1.96 bits per heavy atom. The Bertz CT molecular complexity index is 753. The highest BCUT2D eigenvalue weighted by Crippen LogP contribution is 2.20. The standard InChI is InChI=1S/C18H27N3O3S2/c1-14-5-6-17(12-15(14)2)26(22,23)21-9-7-20(8-10-21)18(25)19-13-16-4-3-11-24-16/h5-6,12,16H,3-4,7-11,13H2,1-2H3,(H,19,25)/t16-/m0/s1. The third kappa shape index (κ3) is 4.36. The number of hydrogen-bond acceptors (Lipinski definition) is 4. The van der Waals surface area contributed by atoms with Crippen LogP contribution in [-0.2, 0) is 14.8 Å². The van der Waals surface area contributed by atoms with Crippen LogP contribution in [0.3, 0.4) is 0 Å². The molecule has 1 atom stereocenters. The van der Waals surface area contributed by atoms with Gasteiger partial charge < -0.3 is 15.0 Å². The molecule has 0 bridgehead atoms. The summed E-state index contributed by atoms with van der Waals surface area (Å²) in [4.78, 5) is 2.41. The zero-order valence-corrected chi connectivity index (χ0v) is 17.0. The number of hydrogen-bond donors (Lipinski definition) is 1. The summed E-state index contributed by atoms with van der Waals surface area (Å²) in [5.41, 5.74) is 2.08. The Kier molecular flexibility index (Phi) is 6.17. The van der Waals surface area contributed by atoms with Crippen molar-refractivity contribution in [1.29, 1.82) is 0 Å². The molecule has 0 amide bonds. The van der Waals surface area contributed by atoms with E-state index in [1.165, 1.54) is 0 Å². The maximum atomic E-state index is 12.9. The minimum Gasteiger partial charge on any atom is -0.376 e. The van der Waals surface area contributed by atoms with E-state index in [9.17, 15) is 8.42 Å². The number of rotatable bonds is 4. The molecule has 144 valence electrons. The van der Waals surface area contributed by atoms with Gasteiger partial charge in [0.1, 0.15) is 0 Å². The van der Waals surface area contributed by atoms with Crippen molar-refractivity contribution in [1.82, 2.24) is 14.5 Å². The first kappa shape index (κ1) is 19.5. The summed E-state index contributed by atoms with van der Waals surface area (Å²) < 4.78 is 32.9. The summed E-state index contributed by atoms with van der Waals surface area (Å²) in [6.45, 7) is 7.55. The van der Waals surface area contributed by atoms with E-state index in [1.807, 2.05) is 24.8 Å². The molecule has 3 rings (SSSR count). The normalized spacial score (nSPS) is 21.8. The highest BCUT2D eigenvalue weighted by molar-refractivity contribution is 7.89. The lowest BCUT2D eigenvalue weighted by molar-refractivity contribution is 0.113. The fraction of sp³-hybridized carbons (Fsp3) is 0.611. The van der Waals surface area contributed by atoms with Crippen molar-refractivity contribution in [3.8, 4) is 0 Å². The van der Waals surface area contributed by atoms with Gasteiger partial charge in [-0.1, -0.05) is 6.07 Å². The van der Waals surface area contributed by atoms with E-state index in [0.717, 1.165) is 37.1 Å². The van der Waals surface area contributed by atoms with Crippen LogP contribution < -0.4 is 5.32 Å². The smallest absolute Gasteiger partial charge is 0.243 e. The van der Waals surface area contributed by atoms with Gasteiger partial charge in [-0.3, -0.25) is 0 Å². The van der Waals surface area contributed by atoms with Crippen LogP contribution in [-0.4, -0.2) is 68.2 Å². The molecule has 1 aromatic rings. The van der Waals surface area contributed by atoms with Crippen LogP contribution in [0, 0.1) is 13.8 Å². The summed E-state index contributed by atoms with van der Waals surface area (Å²) in [6.07, 6.45) is 2.41. The van der Waals surface area contributed by atoms with Crippen molar-refractivity contribution in [2.75, 3.05) is 39.3 Å². The molecule has 26 heavy (non-hydrogen) atoms. The maximum absolute atomic E-state index is 12.9. The number of aryl methyl sites for hydroxylation is 2. The number of nitrogens with one attached hydrogen (secondary N) is 1. The minimum atomic E-state index is -3.45. The first-order chi connectivity index (χ1) is 12.4. The lowest BCUT2D eigenvalue weighted by Gasteiger charge is -2.35. The SMILES string of the molecule is Cc1ccc(S(=O)(=O)N2CCN(C(=S)NC[C@@H]3CCCO3)CC2)cc1C. The lowest BCUT2D eigenvalue weighted by Crippen LogP contribution is -2.53. The van der Waals surface area contributed by atoms with Crippen LogP contribution in [0.25, 0.3) is 0 Å². The molecular formula is C18H27N3O3S2. The van der Waals surface area contributed by atoms with E-state index < -0.39 is 10.0 Å². The van der Waals surface area contributed by atoms with E-state index in [0.29, 0.717) is 36.2 Å². The zero-order chi connectivity index (χ0) is 18.7. The predicted molar refractivity (Wildman–Crippen MR) is 106 cm³/mol. The lowest BCUT2D eigenvalue weighted by atomic mass is 10.1. The van der Waals surface area contributed by atoms with Gasteiger partial charge in [0.2, 0.25) is 10.0 Å². The Morgan fingerprint density at radius 3 is 2.58 bits per heavy atom. The molecule has 2 fully saturated rings. The van der Waals surface area contributed by atoms with Crippen LogP contribution in [0.2, 0.25) is 0 Å². The van der Waals surface area contributed by atoms with E-state index in [2.05, 4.69) is 5.32 Å². The first-order valence-electron chi connectivity index (χ1n) is 9.10. The fourth-order valence-corrected chi connectivity index (χ4v) is 5.05. The van der Waals surface area contributed by atoms with Crippen molar-refractivity contribution in [2.24, 2.45) is 0 Å². The van der Waals surface area contributed by atoms with Gasteiger partial charge in [0.15, 0.2) is 5.11 Å². The average Bonchev–Trinajstić information content (AvgIpc) is 3.15. The average molecular weight is 398 g/mol. The Balaban J connectivity index is 1.55. The van der Waals surface area contributed by atoms with Crippen LogP contribution in [0.1, 0.15) is 24.0 Å². The molecule has 0 aromatic heterocycles. The molecule has 1 N–H and O–H groups in total. The molecule has 0 saturated carbocycles. The maximum Gasteiger partial charge on any atom is 0.243 e. The molecule has 0 radical (unpaired) electrons. The Hall–Kier alpha value is -1.22. The largest absolute Gasteiger partial charge is 0.376 e. The van der Waals surface area contributed by atoms with Crippen molar-refractivity contribution in [3.05, 3.63) is 29.3 Å². The number of ether oxygens (including phenoxy) is 1. The third-order valence-corrected chi connectivity index (χ3v) is 7.44. The predicted octanol–water partition coefficient (Wildman–Crippen LogP) is 1.66. The van der Waals surface area contributed by atoms with Crippen LogP contribution in [0.15, 0.2) is 23.1 Å². The molecule has 2 aliphatic heterocycles. The van der Waals surface area contributed by atoms with Gasteiger partial charge in [-0.2, -0.15) is 4.31 Å². The van der Waals surface area contributed by atoms with Crippen LogP contribution in [0.4, 0.5) is 0 Å². The molecule has 2 saturated heterocycles. The molecule has 8 heteroatoms. The number of sulfonamides is 1. The topological polar surface area (TPSA) is 61.9 Å². The van der Waals surface area contributed by atoms with Crippen LogP contribution >= 0.6 is 12.2 Å². The summed E-state index contributed by atoms with van der Waals surface area (Å²) >= 11 is 5.46. The highest BCUT2D eigenvalue weighted by atomic mass is 32.2. The zero-order valence-electron chi connectivity index (χ0n) is 15.4. The molecule has 2 aliphatic rings. The second-order valence-electron chi connectivity index (χ2n) is 6.96. The van der Waals surface area contributed by atoms with Gasteiger partial charge in [0.05, 0.1) is 11.0 Å². The van der Waals surface area contributed by atoms with Crippen molar-refractivity contribution in [3.63, 3.8) is 0 Å². The number of benzene rings is 1. The Labute approximate surface area is 161 Å². The Morgan fingerprint density at radius 1 is 1.23 bits per heavy atom. The van der Waals surface area contributed by atoms with Gasteiger partial charge in [-0.25, -0.2) is 8.42 Å². The second-order valence-corrected chi connectivity index (χ2v) is 9.28. The molecule has 2 heterocycles. The molecule has 0 unspecified atom stereocenters. The number of piperazine rings is 1. The molecule has 1 aromatic carbocycles. The molecule has 6 nitrogen and oxygen atoms in total. The minimum absolute atomic E-state index is 0.236. The number of nitrogens with zero attached hydrogens (tertiary/aromatic N) is 2. The highest BCUT2D eigenvalue weighted by Gasteiger charge is 2.29. The first-order valence-corrected chi connectivity index (χ1v) is 10.9. The van der Waals surface area contributed by atoms with Gasteiger partial charge in [0.25, 0.3) is 0 Å². The van der Waals surface area contributed by atoms with Crippen LogP contribution in [0.5, 0.6) is 0 Å². The monoisotopic (exact) mass is 397 g/mol. The second kappa shape index (κ2) is 8.21. The third-order valence-electron chi connectivity index (χ3n) is 5.15. The summed E-state index contributed by atoms with van der Waals surface area (Å²) in [7, 11) is -3.45. The summed E-state index contributed by atoms with van der Waals surface area (Å²) in [6, 6.07) is 5.31. The van der Waals surface area contributed by atoms with E-state index >= 15 is 0 Å². The van der Waals surface area contributed by atoms with Gasteiger partial charge in [-0.15, -0.1) is 0 Å². The van der Waals surface area contributed by atoms with Crippen molar-refractivity contribution in [2.45, 2.75) is 37.7 Å². The molecular weight excluding hydrogens is 370 g/mol.